The Morgan fingerprint density at radius 3 is 2.67 bits per heavy atom. The van der Waals surface area contributed by atoms with Gasteiger partial charge in [-0.1, -0.05) is 36.4 Å². The highest BCUT2D eigenvalue weighted by Crippen LogP contribution is 2.18. The number of ether oxygens (including phenoxy) is 1. The third kappa shape index (κ3) is 4.56. The normalized spacial score (nSPS) is 11.8. The fourth-order valence-corrected chi connectivity index (χ4v) is 2.42. The zero-order chi connectivity index (χ0) is 15.2. The SMILES string of the molecule is Cc1nc(Br)ccc1[C@H](C)NC(=O)OCc1ccccc1. The third-order valence-corrected chi connectivity index (χ3v) is 3.55. The molecule has 0 bridgehead atoms. The van der Waals surface area contributed by atoms with E-state index in [4.69, 9.17) is 4.74 Å². The summed E-state index contributed by atoms with van der Waals surface area (Å²) in [6.45, 7) is 4.08. The van der Waals surface area contributed by atoms with Gasteiger partial charge in [-0.2, -0.15) is 0 Å². The minimum Gasteiger partial charge on any atom is -0.445 e. The summed E-state index contributed by atoms with van der Waals surface area (Å²) < 4.78 is 5.98. The summed E-state index contributed by atoms with van der Waals surface area (Å²) in [5, 5.41) is 2.81. The van der Waals surface area contributed by atoms with Gasteiger partial charge in [0.25, 0.3) is 0 Å². The van der Waals surface area contributed by atoms with Gasteiger partial charge in [-0.05, 0) is 47.0 Å². The molecule has 0 aliphatic heterocycles. The number of hydrogen-bond acceptors (Lipinski definition) is 3. The summed E-state index contributed by atoms with van der Waals surface area (Å²) >= 11 is 3.32. The van der Waals surface area contributed by atoms with Gasteiger partial charge in [-0.3, -0.25) is 0 Å². The van der Waals surface area contributed by atoms with Gasteiger partial charge in [-0.25, -0.2) is 9.78 Å². The molecule has 4 nitrogen and oxygen atoms in total. The van der Waals surface area contributed by atoms with E-state index >= 15 is 0 Å². The fourth-order valence-electron chi connectivity index (χ4n) is 2.02. The molecule has 0 saturated heterocycles. The zero-order valence-electron chi connectivity index (χ0n) is 12.0. The first-order valence-electron chi connectivity index (χ1n) is 6.66. The maximum absolute atomic E-state index is 11.8. The third-order valence-electron chi connectivity index (χ3n) is 3.11. The highest BCUT2D eigenvalue weighted by molar-refractivity contribution is 9.10. The number of pyridine rings is 1. The van der Waals surface area contributed by atoms with Crippen LogP contribution in [0.5, 0.6) is 0 Å². The van der Waals surface area contributed by atoms with Crippen LogP contribution in [0.4, 0.5) is 4.79 Å². The van der Waals surface area contributed by atoms with Gasteiger partial charge in [0.1, 0.15) is 11.2 Å². The van der Waals surface area contributed by atoms with Gasteiger partial charge in [-0.15, -0.1) is 0 Å². The summed E-state index contributed by atoms with van der Waals surface area (Å²) in [4.78, 5) is 16.1. The second-order valence-corrected chi connectivity index (χ2v) is 5.55. The lowest BCUT2D eigenvalue weighted by atomic mass is 10.1. The van der Waals surface area contributed by atoms with Gasteiger partial charge in [0.05, 0.1) is 6.04 Å². The Bertz CT molecular complexity index is 617. The number of carbonyl (C=O) groups is 1. The Kier molecular flexibility index (Phi) is 5.33. The first-order chi connectivity index (χ1) is 10.1. The Hall–Kier alpha value is -1.88. The van der Waals surface area contributed by atoms with E-state index in [0.29, 0.717) is 0 Å². The number of aromatic nitrogens is 1. The molecule has 0 aliphatic carbocycles. The largest absolute Gasteiger partial charge is 0.445 e. The highest BCUT2D eigenvalue weighted by atomic mass is 79.9. The summed E-state index contributed by atoms with van der Waals surface area (Å²) in [6.07, 6.45) is -0.436. The van der Waals surface area contributed by atoms with Gasteiger partial charge < -0.3 is 10.1 Å². The van der Waals surface area contributed by atoms with E-state index in [2.05, 4.69) is 26.2 Å². The quantitative estimate of drug-likeness (QED) is 0.844. The topological polar surface area (TPSA) is 51.2 Å². The van der Waals surface area contributed by atoms with E-state index < -0.39 is 6.09 Å². The molecular weight excluding hydrogens is 332 g/mol. The van der Waals surface area contributed by atoms with Crippen molar-refractivity contribution in [3.63, 3.8) is 0 Å². The molecule has 0 aliphatic rings. The van der Waals surface area contributed by atoms with Gasteiger partial charge >= 0.3 is 6.09 Å². The first kappa shape index (κ1) is 15.5. The van der Waals surface area contributed by atoms with Gasteiger partial charge in [0.15, 0.2) is 0 Å². The molecule has 1 N–H and O–H groups in total. The molecule has 1 atom stereocenters. The number of nitrogens with one attached hydrogen (secondary N) is 1. The van der Waals surface area contributed by atoms with Crippen molar-refractivity contribution < 1.29 is 9.53 Å². The van der Waals surface area contributed by atoms with Crippen molar-refractivity contribution in [3.05, 3.63) is 63.9 Å². The fraction of sp³-hybridized carbons (Fsp3) is 0.250. The number of rotatable bonds is 4. The maximum Gasteiger partial charge on any atom is 0.407 e. The number of alkyl carbamates (subject to hydrolysis) is 1. The number of nitrogens with zero attached hydrogens (tertiary/aromatic N) is 1. The molecule has 1 heterocycles. The van der Waals surface area contributed by atoms with E-state index in [1.165, 1.54) is 0 Å². The smallest absolute Gasteiger partial charge is 0.407 e. The summed E-state index contributed by atoms with van der Waals surface area (Å²) in [5.41, 5.74) is 2.80. The minimum absolute atomic E-state index is 0.158. The molecule has 0 spiro atoms. The molecule has 1 aromatic heterocycles. The van der Waals surface area contributed by atoms with Crippen LogP contribution in [-0.4, -0.2) is 11.1 Å². The lowest BCUT2D eigenvalue weighted by Gasteiger charge is -2.16. The summed E-state index contributed by atoms with van der Waals surface area (Å²) in [7, 11) is 0. The lowest BCUT2D eigenvalue weighted by Crippen LogP contribution is -2.27. The summed E-state index contributed by atoms with van der Waals surface area (Å²) in [5.74, 6) is 0. The lowest BCUT2D eigenvalue weighted by molar-refractivity contribution is 0.136. The molecule has 0 unspecified atom stereocenters. The monoisotopic (exact) mass is 348 g/mol. The van der Waals surface area contributed by atoms with Crippen molar-refractivity contribution in [2.45, 2.75) is 26.5 Å². The molecule has 1 amide bonds. The van der Waals surface area contributed by atoms with Gasteiger partial charge in [0, 0.05) is 5.69 Å². The molecule has 0 radical (unpaired) electrons. The maximum atomic E-state index is 11.8. The molecule has 0 fully saturated rings. The average Bonchev–Trinajstić information content (AvgIpc) is 2.46. The number of aryl methyl sites for hydroxylation is 1. The molecular formula is C16H17BrN2O2. The van der Waals surface area contributed by atoms with Crippen molar-refractivity contribution in [1.82, 2.24) is 10.3 Å². The summed E-state index contributed by atoms with van der Waals surface area (Å²) in [6, 6.07) is 13.2. The van der Waals surface area contributed by atoms with Crippen molar-refractivity contribution in [2.24, 2.45) is 0 Å². The van der Waals surface area contributed by atoms with Crippen LogP contribution in [0.2, 0.25) is 0 Å². The number of halogens is 1. The van der Waals surface area contributed by atoms with Crippen molar-refractivity contribution in [3.8, 4) is 0 Å². The number of benzene rings is 1. The van der Waals surface area contributed by atoms with Crippen molar-refractivity contribution in [1.29, 1.82) is 0 Å². The van der Waals surface area contributed by atoms with E-state index in [9.17, 15) is 4.79 Å². The van der Waals surface area contributed by atoms with Crippen molar-refractivity contribution >= 4 is 22.0 Å². The molecule has 21 heavy (non-hydrogen) atoms. The van der Waals surface area contributed by atoms with E-state index in [1.807, 2.05) is 56.3 Å². The number of amides is 1. The van der Waals surface area contributed by atoms with Crippen LogP contribution >= 0.6 is 15.9 Å². The predicted octanol–water partition coefficient (Wildman–Crippen LogP) is 4.14. The van der Waals surface area contributed by atoms with Gasteiger partial charge in [0.2, 0.25) is 0 Å². The van der Waals surface area contributed by atoms with Crippen LogP contribution in [-0.2, 0) is 11.3 Å². The van der Waals surface area contributed by atoms with Crippen LogP contribution < -0.4 is 5.32 Å². The van der Waals surface area contributed by atoms with Crippen LogP contribution in [0.3, 0.4) is 0 Å². The Labute approximate surface area is 132 Å². The number of hydrogen-bond donors (Lipinski definition) is 1. The first-order valence-corrected chi connectivity index (χ1v) is 7.46. The number of carbonyl (C=O) groups excluding carboxylic acids is 1. The van der Waals surface area contributed by atoms with Crippen LogP contribution in [0.1, 0.15) is 29.8 Å². The van der Waals surface area contributed by atoms with Crippen molar-refractivity contribution in [2.75, 3.05) is 0 Å². The van der Waals surface area contributed by atoms with E-state index in [1.54, 1.807) is 0 Å². The Morgan fingerprint density at radius 1 is 1.29 bits per heavy atom. The molecule has 2 rings (SSSR count). The van der Waals surface area contributed by atoms with E-state index in [-0.39, 0.29) is 12.6 Å². The standard InChI is InChI=1S/C16H17BrN2O2/c1-11-14(8-9-15(17)18-11)12(2)19-16(20)21-10-13-6-4-3-5-7-13/h3-9,12H,10H2,1-2H3,(H,19,20)/t12-/m0/s1. The molecule has 5 heteroatoms. The van der Waals surface area contributed by atoms with Crippen LogP contribution in [0.25, 0.3) is 0 Å². The van der Waals surface area contributed by atoms with E-state index in [0.717, 1.165) is 21.4 Å². The molecule has 2 aromatic rings. The van der Waals surface area contributed by atoms with Crippen LogP contribution in [0.15, 0.2) is 47.1 Å². The highest BCUT2D eigenvalue weighted by Gasteiger charge is 2.13. The Morgan fingerprint density at radius 2 is 2.00 bits per heavy atom. The molecule has 1 aromatic carbocycles. The minimum atomic E-state index is -0.436. The predicted molar refractivity (Wildman–Crippen MR) is 84.9 cm³/mol. The zero-order valence-corrected chi connectivity index (χ0v) is 13.6. The average molecular weight is 349 g/mol. The Balaban J connectivity index is 1.90. The van der Waals surface area contributed by atoms with Crippen LogP contribution in [0, 0.1) is 6.92 Å². The second kappa shape index (κ2) is 7.22. The molecule has 110 valence electrons. The molecule has 0 saturated carbocycles. The second-order valence-electron chi connectivity index (χ2n) is 4.74.